The topological polar surface area (TPSA) is 117 Å². The first-order chi connectivity index (χ1) is 16.3. The van der Waals surface area contributed by atoms with Crippen molar-refractivity contribution < 1.29 is 20.1 Å². The highest BCUT2D eigenvalue weighted by Gasteiger charge is 2.43. The third kappa shape index (κ3) is 7.72. The van der Waals surface area contributed by atoms with Gasteiger partial charge in [-0.05, 0) is 51.5 Å². The molecule has 8 nitrogen and oxygen atoms in total. The standard InChI is InChI=1S/C26H48N4O4/c1-3-28-24-12-11-20(16-26(24,34)17-25(32)33)9-7-5-4-6-8-10-21-22(30-14-13-27-18-30)15-23(31)19(2)29-21/h13,19-24,28-29,31,34H,3-12,14-18H2,1-2H3,(H,32,33). The number of likely N-dealkylation sites (N-methyl/N-ethyl adjacent to an activating group) is 1. The summed E-state index contributed by atoms with van der Waals surface area (Å²) < 4.78 is 0. The molecule has 2 heterocycles. The molecule has 3 rings (SSSR count). The van der Waals surface area contributed by atoms with Crippen LogP contribution >= 0.6 is 0 Å². The SMILES string of the molecule is CCNC1CCC(CCCCCCCC2NC(C)C(O)CC2N2CC=NC2)CC1(O)CC(=O)O. The molecule has 1 saturated carbocycles. The molecule has 3 aliphatic rings. The summed E-state index contributed by atoms with van der Waals surface area (Å²) in [6, 6.07) is 0.805. The van der Waals surface area contributed by atoms with Gasteiger partial charge < -0.3 is 26.0 Å². The smallest absolute Gasteiger partial charge is 0.306 e. The zero-order valence-corrected chi connectivity index (χ0v) is 21.3. The fourth-order valence-electron chi connectivity index (χ4n) is 6.46. The third-order valence-electron chi connectivity index (χ3n) is 8.37. The lowest BCUT2D eigenvalue weighted by Gasteiger charge is -2.43. The van der Waals surface area contributed by atoms with E-state index in [9.17, 15) is 20.1 Å². The van der Waals surface area contributed by atoms with Gasteiger partial charge in [-0.15, -0.1) is 0 Å². The highest BCUT2D eigenvalue weighted by atomic mass is 16.4. The van der Waals surface area contributed by atoms with Crippen LogP contribution in [0.1, 0.15) is 90.9 Å². The molecule has 2 aliphatic heterocycles. The predicted octanol–water partition coefficient (Wildman–Crippen LogP) is 2.52. The van der Waals surface area contributed by atoms with Crippen molar-refractivity contribution in [3.63, 3.8) is 0 Å². The number of aliphatic carboxylic acids is 1. The number of carbonyl (C=O) groups is 1. The molecule has 0 bridgehead atoms. The van der Waals surface area contributed by atoms with E-state index in [1.807, 2.05) is 13.1 Å². The quantitative estimate of drug-likeness (QED) is 0.257. The summed E-state index contributed by atoms with van der Waals surface area (Å²) in [5.41, 5.74) is -1.13. The minimum Gasteiger partial charge on any atom is -0.481 e. The van der Waals surface area contributed by atoms with Gasteiger partial charge >= 0.3 is 5.97 Å². The van der Waals surface area contributed by atoms with Crippen molar-refractivity contribution >= 4 is 12.2 Å². The molecule has 5 N–H and O–H groups in total. The number of aliphatic imine (C=N–C) groups is 1. The maximum Gasteiger partial charge on any atom is 0.306 e. The molecule has 0 amide bonds. The van der Waals surface area contributed by atoms with Gasteiger partial charge in [-0.1, -0.05) is 45.4 Å². The number of unbranched alkanes of at least 4 members (excludes halogenated alkanes) is 4. The van der Waals surface area contributed by atoms with Crippen LogP contribution in [0.5, 0.6) is 0 Å². The summed E-state index contributed by atoms with van der Waals surface area (Å²) in [4.78, 5) is 18.1. The molecule has 34 heavy (non-hydrogen) atoms. The summed E-state index contributed by atoms with van der Waals surface area (Å²) in [6.45, 7) is 6.48. The van der Waals surface area contributed by atoms with Crippen LogP contribution < -0.4 is 10.6 Å². The average Bonchev–Trinajstić information content (AvgIpc) is 3.31. The van der Waals surface area contributed by atoms with Gasteiger partial charge in [0.15, 0.2) is 0 Å². The van der Waals surface area contributed by atoms with Crippen molar-refractivity contribution in [3.8, 4) is 0 Å². The molecule has 7 unspecified atom stereocenters. The van der Waals surface area contributed by atoms with Crippen LogP contribution in [-0.4, -0.2) is 88.0 Å². The van der Waals surface area contributed by atoms with Crippen molar-refractivity contribution in [2.45, 2.75) is 127 Å². The minimum atomic E-state index is -1.13. The molecule has 0 aromatic heterocycles. The largest absolute Gasteiger partial charge is 0.481 e. The monoisotopic (exact) mass is 480 g/mol. The van der Waals surface area contributed by atoms with Gasteiger partial charge in [0, 0.05) is 36.9 Å². The van der Waals surface area contributed by atoms with E-state index >= 15 is 0 Å². The highest BCUT2D eigenvalue weighted by Crippen LogP contribution is 2.37. The summed E-state index contributed by atoms with van der Waals surface area (Å²) >= 11 is 0. The Kier molecular flexibility index (Phi) is 10.8. The second-order valence-corrected chi connectivity index (χ2v) is 11.0. The van der Waals surface area contributed by atoms with Crippen molar-refractivity contribution in [3.05, 3.63) is 0 Å². The lowest BCUT2D eigenvalue weighted by molar-refractivity contribution is -0.146. The number of aliphatic hydroxyl groups excluding tert-OH is 1. The molecule has 0 aromatic carbocycles. The Bertz CT molecular complexity index is 655. The van der Waals surface area contributed by atoms with E-state index in [2.05, 4.69) is 27.4 Å². The molecular formula is C26H48N4O4. The Balaban J connectivity index is 1.33. The summed E-state index contributed by atoms with van der Waals surface area (Å²) in [5, 5.41) is 37.6. The van der Waals surface area contributed by atoms with E-state index in [1.54, 1.807) is 0 Å². The summed E-state index contributed by atoms with van der Waals surface area (Å²) in [5.74, 6) is -0.496. The number of piperidine rings is 1. The Morgan fingerprint density at radius 2 is 1.94 bits per heavy atom. The van der Waals surface area contributed by atoms with Crippen molar-refractivity contribution in [1.82, 2.24) is 15.5 Å². The van der Waals surface area contributed by atoms with E-state index in [1.165, 1.54) is 25.7 Å². The number of carboxylic acids is 1. The van der Waals surface area contributed by atoms with Crippen LogP contribution in [0, 0.1) is 5.92 Å². The van der Waals surface area contributed by atoms with Gasteiger partial charge in [0.2, 0.25) is 0 Å². The minimum absolute atomic E-state index is 0.113. The molecule has 8 heteroatoms. The fourth-order valence-corrected chi connectivity index (χ4v) is 6.46. The lowest BCUT2D eigenvalue weighted by Crippen LogP contribution is -2.60. The Morgan fingerprint density at radius 1 is 1.21 bits per heavy atom. The molecule has 0 spiro atoms. The Hall–Kier alpha value is -1.06. The van der Waals surface area contributed by atoms with Gasteiger partial charge in [-0.3, -0.25) is 14.7 Å². The van der Waals surface area contributed by atoms with Crippen LogP contribution in [0.15, 0.2) is 4.99 Å². The number of rotatable bonds is 13. The van der Waals surface area contributed by atoms with Gasteiger partial charge in [0.1, 0.15) is 0 Å². The van der Waals surface area contributed by atoms with Gasteiger partial charge in [-0.2, -0.15) is 0 Å². The van der Waals surface area contributed by atoms with E-state index in [0.29, 0.717) is 24.4 Å². The van der Waals surface area contributed by atoms with Crippen LogP contribution in [0.2, 0.25) is 0 Å². The predicted molar refractivity (Wildman–Crippen MR) is 135 cm³/mol. The molecular weight excluding hydrogens is 432 g/mol. The maximum atomic E-state index is 11.3. The molecule has 1 saturated heterocycles. The van der Waals surface area contributed by atoms with Crippen molar-refractivity contribution in [2.75, 3.05) is 19.8 Å². The van der Waals surface area contributed by atoms with Crippen molar-refractivity contribution in [1.29, 1.82) is 0 Å². The van der Waals surface area contributed by atoms with Gasteiger partial charge in [0.05, 0.1) is 24.8 Å². The summed E-state index contributed by atoms with van der Waals surface area (Å²) in [7, 11) is 0. The number of carboxylic acid groups (broad SMARTS) is 1. The number of nitrogens with one attached hydrogen (secondary N) is 2. The first-order valence-electron chi connectivity index (χ1n) is 13.7. The number of hydrogen-bond acceptors (Lipinski definition) is 7. The second-order valence-electron chi connectivity index (χ2n) is 11.0. The molecule has 196 valence electrons. The maximum absolute atomic E-state index is 11.3. The van der Waals surface area contributed by atoms with Crippen LogP contribution in [0.3, 0.4) is 0 Å². The third-order valence-corrected chi connectivity index (χ3v) is 8.37. The zero-order valence-electron chi connectivity index (χ0n) is 21.3. The Labute approximate surface area is 205 Å². The highest BCUT2D eigenvalue weighted by molar-refractivity contribution is 5.68. The van der Waals surface area contributed by atoms with Gasteiger partial charge in [0.25, 0.3) is 0 Å². The van der Waals surface area contributed by atoms with E-state index in [-0.39, 0.29) is 24.6 Å². The summed E-state index contributed by atoms with van der Waals surface area (Å²) in [6.07, 6.45) is 13.1. The first-order valence-corrected chi connectivity index (χ1v) is 13.7. The average molecular weight is 481 g/mol. The normalized spacial score (nSPS) is 36.7. The van der Waals surface area contributed by atoms with E-state index < -0.39 is 11.6 Å². The zero-order chi connectivity index (χ0) is 24.6. The first kappa shape index (κ1) is 27.5. The molecule has 0 aromatic rings. The van der Waals surface area contributed by atoms with E-state index in [0.717, 1.165) is 58.3 Å². The van der Waals surface area contributed by atoms with Crippen molar-refractivity contribution in [2.24, 2.45) is 10.9 Å². The Morgan fingerprint density at radius 3 is 2.62 bits per heavy atom. The van der Waals surface area contributed by atoms with Crippen LogP contribution in [-0.2, 0) is 4.79 Å². The fraction of sp³-hybridized carbons (Fsp3) is 0.923. The van der Waals surface area contributed by atoms with E-state index in [4.69, 9.17) is 0 Å². The molecule has 2 fully saturated rings. The molecule has 1 aliphatic carbocycles. The lowest BCUT2D eigenvalue weighted by atomic mass is 9.71. The number of hydrogen-bond donors (Lipinski definition) is 5. The molecule has 7 atom stereocenters. The molecule has 0 radical (unpaired) electrons. The van der Waals surface area contributed by atoms with Gasteiger partial charge in [-0.25, -0.2) is 0 Å². The van der Waals surface area contributed by atoms with Crippen LogP contribution in [0.4, 0.5) is 0 Å². The second kappa shape index (κ2) is 13.3. The number of nitrogens with zero attached hydrogens (tertiary/aromatic N) is 2. The van der Waals surface area contributed by atoms with Crippen LogP contribution in [0.25, 0.3) is 0 Å². The number of aliphatic hydroxyl groups is 2.